The summed E-state index contributed by atoms with van der Waals surface area (Å²) in [5.41, 5.74) is 0. The largest absolute Gasteiger partial charge is 0.313 e. The van der Waals surface area contributed by atoms with Crippen molar-refractivity contribution in [2.24, 2.45) is 0 Å². The lowest BCUT2D eigenvalue weighted by Gasteiger charge is -2.17. The summed E-state index contributed by atoms with van der Waals surface area (Å²) in [5, 5.41) is 3.40. The van der Waals surface area contributed by atoms with Crippen LogP contribution in [0.4, 0.5) is 0 Å². The Balaban J connectivity index is 2.11. The Labute approximate surface area is 106 Å². The first-order valence-electron chi connectivity index (χ1n) is 6.77. The molecule has 0 spiro atoms. The molecule has 0 amide bonds. The summed E-state index contributed by atoms with van der Waals surface area (Å²) in [4.78, 5) is 0. The minimum absolute atomic E-state index is 0.332. The van der Waals surface area contributed by atoms with Gasteiger partial charge < -0.3 is 5.32 Å². The predicted octanol–water partition coefficient (Wildman–Crippen LogP) is 1.58. The van der Waals surface area contributed by atoms with Gasteiger partial charge in [0.1, 0.15) is 0 Å². The molecule has 5 heteroatoms. The lowest BCUT2D eigenvalue weighted by molar-refractivity contribution is 0.409. The normalized spacial score (nSPS) is 21.8. The van der Waals surface area contributed by atoms with Crippen LogP contribution in [0, 0.1) is 0 Å². The Morgan fingerprint density at radius 1 is 1.35 bits per heavy atom. The van der Waals surface area contributed by atoms with Gasteiger partial charge in [-0.25, -0.2) is 12.7 Å². The van der Waals surface area contributed by atoms with Crippen LogP contribution in [-0.2, 0) is 10.0 Å². The topological polar surface area (TPSA) is 49.4 Å². The maximum atomic E-state index is 11.5. The van der Waals surface area contributed by atoms with E-state index in [-0.39, 0.29) is 0 Å². The smallest absolute Gasteiger partial charge is 0.214 e. The standard InChI is InChI=1S/C12H26N2O2S/c1-3-4-5-7-12(2)13-8-10-14-9-6-11-17(14,15)16/h12-13H,3-11H2,1-2H3. The van der Waals surface area contributed by atoms with Gasteiger partial charge >= 0.3 is 0 Å². The van der Waals surface area contributed by atoms with Crippen LogP contribution < -0.4 is 5.32 Å². The van der Waals surface area contributed by atoms with Crippen LogP contribution in [0.3, 0.4) is 0 Å². The summed E-state index contributed by atoms with van der Waals surface area (Å²) in [5.74, 6) is 0.332. The second-order valence-electron chi connectivity index (χ2n) is 4.92. The van der Waals surface area contributed by atoms with Crippen molar-refractivity contribution in [1.29, 1.82) is 0 Å². The molecule has 1 aliphatic heterocycles. The van der Waals surface area contributed by atoms with Crippen molar-refractivity contribution in [3.05, 3.63) is 0 Å². The monoisotopic (exact) mass is 262 g/mol. The second kappa shape index (κ2) is 7.34. The van der Waals surface area contributed by atoms with E-state index in [1.165, 1.54) is 25.7 Å². The lowest BCUT2D eigenvalue weighted by atomic mass is 10.1. The van der Waals surface area contributed by atoms with Gasteiger partial charge in [0, 0.05) is 25.7 Å². The molecule has 17 heavy (non-hydrogen) atoms. The van der Waals surface area contributed by atoms with Crippen LogP contribution >= 0.6 is 0 Å². The summed E-state index contributed by atoms with van der Waals surface area (Å²) in [7, 11) is -2.91. The summed E-state index contributed by atoms with van der Waals surface area (Å²) in [6.45, 7) is 6.48. The first-order valence-corrected chi connectivity index (χ1v) is 8.38. The first-order chi connectivity index (χ1) is 8.06. The van der Waals surface area contributed by atoms with Gasteiger partial charge in [-0.05, 0) is 19.8 Å². The molecule has 1 N–H and O–H groups in total. The van der Waals surface area contributed by atoms with Gasteiger partial charge in [-0.2, -0.15) is 0 Å². The third kappa shape index (κ3) is 5.36. The van der Waals surface area contributed by atoms with Crippen LogP contribution in [0.5, 0.6) is 0 Å². The highest BCUT2D eigenvalue weighted by Gasteiger charge is 2.27. The number of rotatable bonds is 8. The Bertz CT molecular complexity index is 304. The minimum Gasteiger partial charge on any atom is -0.313 e. The number of hydrogen-bond acceptors (Lipinski definition) is 3. The summed E-state index contributed by atoms with van der Waals surface area (Å²) < 4.78 is 24.7. The van der Waals surface area contributed by atoms with E-state index in [2.05, 4.69) is 19.2 Å². The van der Waals surface area contributed by atoms with Crippen LogP contribution in [0.25, 0.3) is 0 Å². The zero-order valence-corrected chi connectivity index (χ0v) is 11.9. The molecule has 1 aliphatic rings. The van der Waals surface area contributed by atoms with E-state index in [1.807, 2.05) is 0 Å². The number of hydrogen-bond donors (Lipinski definition) is 1. The van der Waals surface area contributed by atoms with E-state index in [0.29, 0.717) is 24.9 Å². The van der Waals surface area contributed by atoms with Crippen molar-refractivity contribution in [2.45, 2.75) is 52.0 Å². The molecule has 1 rings (SSSR count). The van der Waals surface area contributed by atoms with E-state index in [0.717, 1.165) is 13.0 Å². The van der Waals surface area contributed by atoms with Crippen molar-refractivity contribution in [3.63, 3.8) is 0 Å². The molecule has 1 heterocycles. The lowest BCUT2D eigenvalue weighted by Crippen LogP contribution is -2.36. The Kier molecular flexibility index (Phi) is 6.44. The van der Waals surface area contributed by atoms with Gasteiger partial charge in [0.15, 0.2) is 0 Å². The van der Waals surface area contributed by atoms with Crippen molar-refractivity contribution in [1.82, 2.24) is 9.62 Å². The van der Waals surface area contributed by atoms with Crippen molar-refractivity contribution in [3.8, 4) is 0 Å². The molecule has 0 aromatic rings. The number of nitrogens with zero attached hydrogens (tertiary/aromatic N) is 1. The zero-order chi connectivity index (χ0) is 12.7. The third-order valence-corrected chi connectivity index (χ3v) is 5.25. The highest BCUT2D eigenvalue weighted by molar-refractivity contribution is 7.89. The molecule has 0 aromatic heterocycles. The Hall–Kier alpha value is -0.130. The summed E-state index contributed by atoms with van der Waals surface area (Å²) >= 11 is 0. The predicted molar refractivity (Wildman–Crippen MR) is 71.6 cm³/mol. The molecule has 1 unspecified atom stereocenters. The molecule has 0 aliphatic carbocycles. The molecule has 0 saturated carbocycles. The van der Waals surface area contributed by atoms with E-state index < -0.39 is 10.0 Å². The van der Waals surface area contributed by atoms with Crippen LogP contribution in [-0.4, -0.2) is 44.2 Å². The molecule has 0 radical (unpaired) electrons. The maximum absolute atomic E-state index is 11.5. The van der Waals surface area contributed by atoms with Crippen LogP contribution in [0.2, 0.25) is 0 Å². The van der Waals surface area contributed by atoms with Gasteiger partial charge in [-0.1, -0.05) is 26.2 Å². The first kappa shape index (κ1) is 14.9. The fourth-order valence-corrected chi connectivity index (χ4v) is 3.71. The fraction of sp³-hybridized carbons (Fsp3) is 1.00. The average Bonchev–Trinajstić information content (AvgIpc) is 2.59. The summed E-state index contributed by atoms with van der Waals surface area (Å²) in [6, 6.07) is 0.492. The van der Waals surface area contributed by atoms with Crippen LogP contribution in [0.15, 0.2) is 0 Å². The minimum atomic E-state index is -2.91. The molecule has 0 bridgehead atoms. The molecular formula is C12H26N2O2S. The highest BCUT2D eigenvalue weighted by atomic mass is 32.2. The highest BCUT2D eigenvalue weighted by Crippen LogP contribution is 2.12. The Morgan fingerprint density at radius 2 is 2.12 bits per heavy atom. The van der Waals surface area contributed by atoms with Gasteiger partial charge in [0.2, 0.25) is 10.0 Å². The molecule has 102 valence electrons. The molecule has 4 nitrogen and oxygen atoms in total. The zero-order valence-electron chi connectivity index (χ0n) is 11.1. The van der Waals surface area contributed by atoms with Crippen molar-refractivity contribution >= 4 is 10.0 Å². The van der Waals surface area contributed by atoms with Gasteiger partial charge in [-0.3, -0.25) is 0 Å². The van der Waals surface area contributed by atoms with Gasteiger partial charge in [0.05, 0.1) is 5.75 Å². The molecule has 0 aromatic carbocycles. The molecule has 1 fully saturated rings. The van der Waals surface area contributed by atoms with E-state index in [9.17, 15) is 8.42 Å². The number of nitrogens with one attached hydrogen (secondary N) is 1. The molecule has 1 saturated heterocycles. The molecular weight excluding hydrogens is 236 g/mol. The van der Waals surface area contributed by atoms with E-state index in [4.69, 9.17) is 0 Å². The maximum Gasteiger partial charge on any atom is 0.214 e. The fourth-order valence-electron chi connectivity index (χ4n) is 2.18. The Morgan fingerprint density at radius 3 is 2.71 bits per heavy atom. The van der Waals surface area contributed by atoms with E-state index in [1.54, 1.807) is 4.31 Å². The van der Waals surface area contributed by atoms with Crippen molar-refractivity contribution in [2.75, 3.05) is 25.4 Å². The summed E-state index contributed by atoms with van der Waals surface area (Å²) in [6.07, 6.45) is 5.76. The quantitative estimate of drug-likeness (QED) is 0.676. The number of sulfonamides is 1. The second-order valence-corrected chi connectivity index (χ2v) is 7.01. The van der Waals surface area contributed by atoms with Crippen molar-refractivity contribution < 1.29 is 8.42 Å². The molecule has 1 atom stereocenters. The third-order valence-electron chi connectivity index (χ3n) is 3.30. The van der Waals surface area contributed by atoms with Gasteiger partial charge in [0.25, 0.3) is 0 Å². The van der Waals surface area contributed by atoms with Crippen LogP contribution in [0.1, 0.15) is 46.0 Å². The average molecular weight is 262 g/mol. The van der Waals surface area contributed by atoms with Gasteiger partial charge in [-0.15, -0.1) is 0 Å². The van der Waals surface area contributed by atoms with E-state index >= 15 is 0 Å². The SMILES string of the molecule is CCCCCC(C)NCCN1CCCS1(=O)=O. The number of unbranched alkanes of at least 4 members (excludes halogenated alkanes) is 2.